The van der Waals surface area contributed by atoms with E-state index >= 15 is 0 Å². The predicted molar refractivity (Wildman–Crippen MR) is 110 cm³/mol. The Bertz CT molecular complexity index is 830. The molecular formula is C22H23N3OS. The summed E-state index contributed by atoms with van der Waals surface area (Å²) in [5, 5.41) is 17.3. The van der Waals surface area contributed by atoms with Gasteiger partial charge in [0, 0.05) is 5.41 Å². The Morgan fingerprint density at radius 2 is 1.37 bits per heavy atom. The molecule has 1 saturated heterocycles. The molecule has 4 nitrogen and oxygen atoms in total. The summed E-state index contributed by atoms with van der Waals surface area (Å²) in [4.78, 5) is 13.7. The molecule has 3 atom stereocenters. The lowest BCUT2D eigenvalue weighted by Crippen LogP contribution is -2.62. The molecule has 2 N–H and O–H groups in total. The van der Waals surface area contributed by atoms with Gasteiger partial charge in [-0.25, -0.2) is 0 Å². The third kappa shape index (κ3) is 3.33. The van der Waals surface area contributed by atoms with E-state index in [0.29, 0.717) is 5.11 Å². The second-order valence-corrected chi connectivity index (χ2v) is 8.27. The first-order valence-corrected chi connectivity index (χ1v) is 9.34. The second-order valence-electron chi connectivity index (χ2n) is 7.87. The number of carbonyl (C=O) groups excluding carboxylic acids is 1. The van der Waals surface area contributed by atoms with Gasteiger partial charge in [-0.3, -0.25) is 4.79 Å². The minimum atomic E-state index is -1.36. The maximum Gasteiger partial charge on any atom is 0.167 e. The normalized spacial score (nSPS) is 25.0. The summed E-state index contributed by atoms with van der Waals surface area (Å²) in [5.41, 5.74) is -0.329. The molecule has 3 rings (SSSR count). The van der Waals surface area contributed by atoms with Crippen molar-refractivity contribution < 1.29 is 4.79 Å². The number of carbonyl (C=O) groups is 1. The van der Waals surface area contributed by atoms with Gasteiger partial charge >= 0.3 is 0 Å². The van der Waals surface area contributed by atoms with E-state index in [1.165, 1.54) is 0 Å². The number of nitriles is 1. The number of ketones is 1. The average Bonchev–Trinajstić information content (AvgIpc) is 2.67. The first-order valence-electron chi connectivity index (χ1n) is 8.94. The van der Waals surface area contributed by atoms with E-state index < -0.39 is 22.9 Å². The maximum absolute atomic E-state index is 13.7. The van der Waals surface area contributed by atoms with Gasteiger partial charge in [-0.05, 0) is 23.3 Å². The van der Waals surface area contributed by atoms with Crippen LogP contribution in [-0.4, -0.2) is 10.9 Å². The van der Waals surface area contributed by atoms with Crippen molar-refractivity contribution in [2.24, 2.45) is 10.8 Å². The van der Waals surface area contributed by atoms with Crippen LogP contribution in [0.2, 0.25) is 0 Å². The molecule has 0 bridgehead atoms. The molecule has 1 unspecified atom stereocenters. The zero-order chi connectivity index (χ0) is 19.7. The van der Waals surface area contributed by atoms with Crippen molar-refractivity contribution in [2.45, 2.75) is 32.9 Å². The Labute approximate surface area is 165 Å². The van der Waals surface area contributed by atoms with Crippen molar-refractivity contribution >= 4 is 23.1 Å². The monoisotopic (exact) mass is 377 g/mol. The fourth-order valence-corrected chi connectivity index (χ4v) is 3.98. The van der Waals surface area contributed by atoms with Crippen molar-refractivity contribution in [3.05, 3.63) is 71.8 Å². The number of Topliss-reactive ketones (excluding diaryl/α,β-unsaturated/α-hetero) is 1. The van der Waals surface area contributed by atoms with Gasteiger partial charge in [0.25, 0.3) is 0 Å². The van der Waals surface area contributed by atoms with Crippen LogP contribution >= 0.6 is 12.2 Å². The fourth-order valence-electron chi connectivity index (χ4n) is 3.74. The SMILES string of the molecule is CC(C)(C)C(=O)C1(C#N)[C@@H](c2ccccc2)NC(=S)N[C@H]1c1ccccc1. The molecule has 138 valence electrons. The lowest BCUT2D eigenvalue weighted by Gasteiger charge is -2.48. The first-order chi connectivity index (χ1) is 12.8. The van der Waals surface area contributed by atoms with Gasteiger partial charge in [-0.1, -0.05) is 81.4 Å². The molecule has 1 aliphatic heterocycles. The Kier molecular flexibility index (Phi) is 5.03. The van der Waals surface area contributed by atoms with Gasteiger partial charge in [-0.15, -0.1) is 0 Å². The fraction of sp³-hybridized carbons (Fsp3) is 0.318. The highest BCUT2D eigenvalue weighted by Gasteiger charge is 2.58. The summed E-state index contributed by atoms with van der Waals surface area (Å²) in [6, 6.07) is 20.5. The molecule has 0 amide bonds. The smallest absolute Gasteiger partial charge is 0.167 e. The number of thiocarbonyl (C=S) groups is 1. The minimum absolute atomic E-state index is 0.122. The molecule has 0 aromatic heterocycles. The van der Waals surface area contributed by atoms with Crippen LogP contribution < -0.4 is 10.6 Å². The summed E-state index contributed by atoms with van der Waals surface area (Å²) >= 11 is 5.45. The van der Waals surface area contributed by atoms with Crippen LogP contribution in [0.25, 0.3) is 0 Å². The van der Waals surface area contributed by atoms with Gasteiger partial charge in [0.05, 0.1) is 18.2 Å². The van der Waals surface area contributed by atoms with Crippen LogP contribution in [0.15, 0.2) is 60.7 Å². The maximum atomic E-state index is 13.7. The third-order valence-corrected chi connectivity index (χ3v) is 5.20. The van der Waals surface area contributed by atoms with E-state index in [-0.39, 0.29) is 5.78 Å². The standard InChI is InChI=1S/C22H23N3OS/c1-21(2,3)19(26)22(14-23)17(15-10-6-4-7-11-15)24-20(27)25-18(22)16-12-8-5-9-13-16/h4-13,17-18H,1-3H3,(H2,24,25,27)/t17-,18+,22?. The van der Waals surface area contributed by atoms with Crippen LogP contribution in [-0.2, 0) is 4.79 Å². The van der Waals surface area contributed by atoms with Gasteiger partial charge in [0.1, 0.15) is 0 Å². The van der Waals surface area contributed by atoms with Crippen molar-refractivity contribution in [2.75, 3.05) is 0 Å². The second kappa shape index (κ2) is 7.13. The topological polar surface area (TPSA) is 64.9 Å². The number of hydrogen-bond donors (Lipinski definition) is 2. The largest absolute Gasteiger partial charge is 0.354 e. The summed E-state index contributed by atoms with van der Waals surface area (Å²) < 4.78 is 0. The van der Waals surface area contributed by atoms with E-state index in [1.807, 2.05) is 81.4 Å². The zero-order valence-corrected chi connectivity index (χ0v) is 16.5. The van der Waals surface area contributed by atoms with E-state index in [9.17, 15) is 10.1 Å². The Hall–Kier alpha value is -2.71. The summed E-state index contributed by atoms with van der Waals surface area (Å²) in [7, 11) is 0. The quantitative estimate of drug-likeness (QED) is 0.790. The van der Waals surface area contributed by atoms with Gasteiger partial charge < -0.3 is 10.6 Å². The van der Waals surface area contributed by atoms with Gasteiger partial charge in [0.2, 0.25) is 0 Å². The Balaban J connectivity index is 2.27. The minimum Gasteiger partial charge on any atom is -0.354 e. The highest BCUT2D eigenvalue weighted by atomic mass is 32.1. The third-order valence-electron chi connectivity index (χ3n) is 4.97. The number of rotatable bonds is 3. The highest BCUT2D eigenvalue weighted by Crippen LogP contribution is 2.50. The van der Waals surface area contributed by atoms with Crippen LogP contribution in [0.3, 0.4) is 0 Å². The van der Waals surface area contributed by atoms with E-state index in [2.05, 4.69) is 16.7 Å². The molecule has 0 radical (unpaired) electrons. The van der Waals surface area contributed by atoms with Crippen molar-refractivity contribution in [3.8, 4) is 6.07 Å². The highest BCUT2D eigenvalue weighted by molar-refractivity contribution is 7.80. The van der Waals surface area contributed by atoms with Crippen LogP contribution in [0.5, 0.6) is 0 Å². The molecule has 2 aromatic carbocycles. The summed E-state index contributed by atoms with van der Waals surface area (Å²) in [5.74, 6) is -0.122. The molecule has 1 fully saturated rings. The molecule has 0 spiro atoms. The number of hydrogen-bond acceptors (Lipinski definition) is 3. The molecule has 0 aliphatic carbocycles. The van der Waals surface area contributed by atoms with Crippen LogP contribution in [0.4, 0.5) is 0 Å². The lowest BCUT2D eigenvalue weighted by atomic mass is 9.61. The van der Waals surface area contributed by atoms with E-state index in [4.69, 9.17) is 12.2 Å². The first kappa shape index (κ1) is 19.1. The summed E-state index contributed by atoms with van der Waals surface area (Å²) in [6.07, 6.45) is 0. The molecule has 0 saturated carbocycles. The molecule has 1 heterocycles. The van der Waals surface area contributed by atoms with Crippen molar-refractivity contribution in [1.82, 2.24) is 10.6 Å². The molecule has 5 heteroatoms. The number of benzene rings is 2. The molecule has 27 heavy (non-hydrogen) atoms. The predicted octanol–water partition coefficient (Wildman–Crippen LogP) is 4.07. The summed E-state index contributed by atoms with van der Waals surface area (Å²) in [6.45, 7) is 5.56. The Morgan fingerprint density at radius 3 is 1.70 bits per heavy atom. The van der Waals surface area contributed by atoms with Crippen LogP contribution in [0, 0.1) is 22.2 Å². The number of nitrogens with one attached hydrogen (secondary N) is 2. The number of nitrogens with zero attached hydrogens (tertiary/aromatic N) is 1. The van der Waals surface area contributed by atoms with Crippen molar-refractivity contribution in [1.29, 1.82) is 5.26 Å². The molecule has 2 aromatic rings. The van der Waals surface area contributed by atoms with Crippen LogP contribution in [0.1, 0.15) is 44.0 Å². The zero-order valence-electron chi connectivity index (χ0n) is 15.7. The van der Waals surface area contributed by atoms with Gasteiger partial charge in [-0.2, -0.15) is 5.26 Å². The lowest BCUT2D eigenvalue weighted by molar-refractivity contribution is -0.137. The molecular weight excluding hydrogens is 354 g/mol. The van der Waals surface area contributed by atoms with Crippen molar-refractivity contribution in [3.63, 3.8) is 0 Å². The molecule has 1 aliphatic rings. The van der Waals surface area contributed by atoms with E-state index in [0.717, 1.165) is 11.1 Å². The Morgan fingerprint density at radius 1 is 0.963 bits per heavy atom. The average molecular weight is 378 g/mol. The van der Waals surface area contributed by atoms with E-state index in [1.54, 1.807) is 0 Å². The van der Waals surface area contributed by atoms with Gasteiger partial charge in [0.15, 0.2) is 16.3 Å².